The van der Waals surface area contributed by atoms with E-state index in [0.717, 1.165) is 26.1 Å². The van der Waals surface area contributed by atoms with E-state index in [9.17, 15) is 0 Å². The van der Waals surface area contributed by atoms with Crippen LogP contribution in [0.1, 0.15) is 46.5 Å². The molecule has 0 amide bonds. The molecule has 3 heteroatoms. The summed E-state index contributed by atoms with van der Waals surface area (Å²) in [6.07, 6.45) is 6.40. The molecular formula is C15H32O3. The lowest BCUT2D eigenvalue weighted by atomic mass is 10.4. The maximum atomic E-state index is 5.35. The highest BCUT2D eigenvalue weighted by molar-refractivity contribution is 4.51. The average Bonchev–Trinajstić information content (AvgIpc) is 2.37. The SMILES string of the molecule is C=CC.CCCCOCCOCCOCCCC. The van der Waals surface area contributed by atoms with Crippen LogP contribution in [0.3, 0.4) is 0 Å². The van der Waals surface area contributed by atoms with Crippen molar-refractivity contribution in [1.82, 2.24) is 0 Å². The molecule has 0 aliphatic rings. The first-order valence-corrected chi connectivity index (χ1v) is 7.13. The monoisotopic (exact) mass is 260 g/mol. The standard InChI is InChI=1S/C12H26O3.C3H6/c1-3-5-7-13-9-11-15-12-10-14-8-6-4-2;1-3-2/h3-12H2,1-2H3;3H,1H2,2H3. The Morgan fingerprint density at radius 2 is 1.00 bits per heavy atom. The van der Waals surface area contributed by atoms with Gasteiger partial charge in [-0.1, -0.05) is 32.8 Å². The summed E-state index contributed by atoms with van der Waals surface area (Å²) in [5.41, 5.74) is 0. The average molecular weight is 260 g/mol. The quantitative estimate of drug-likeness (QED) is 0.394. The van der Waals surface area contributed by atoms with Gasteiger partial charge in [0.05, 0.1) is 26.4 Å². The summed E-state index contributed by atoms with van der Waals surface area (Å²) in [6.45, 7) is 14.0. The van der Waals surface area contributed by atoms with Crippen LogP contribution < -0.4 is 0 Å². The normalized spacial score (nSPS) is 9.72. The van der Waals surface area contributed by atoms with Crippen LogP contribution in [-0.4, -0.2) is 39.6 Å². The molecule has 0 rings (SSSR count). The summed E-state index contributed by atoms with van der Waals surface area (Å²) >= 11 is 0. The molecule has 3 nitrogen and oxygen atoms in total. The lowest BCUT2D eigenvalue weighted by Crippen LogP contribution is -2.10. The van der Waals surface area contributed by atoms with E-state index in [-0.39, 0.29) is 0 Å². The third kappa shape index (κ3) is 24.7. The van der Waals surface area contributed by atoms with Gasteiger partial charge in [-0.2, -0.15) is 0 Å². The Morgan fingerprint density at radius 1 is 0.722 bits per heavy atom. The maximum Gasteiger partial charge on any atom is 0.0701 e. The summed E-state index contributed by atoms with van der Waals surface area (Å²) in [7, 11) is 0. The van der Waals surface area contributed by atoms with E-state index >= 15 is 0 Å². The van der Waals surface area contributed by atoms with Gasteiger partial charge in [-0.3, -0.25) is 0 Å². The van der Waals surface area contributed by atoms with Gasteiger partial charge in [0.2, 0.25) is 0 Å². The van der Waals surface area contributed by atoms with Gasteiger partial charge in [-0.25, -0.2) is 0 Å². The Hall–Kier alpha value is -0.380. The molecule has 0 aromatic heterocycles. The molecule has 0 aromatic carbocycles. The van der Waals surface area contributed by atoms with Gasteiger partial charge in [0.25, 0.3) is 0 Å². The Balaban J connectivity index is 0. The zero-order chi connectivity index (χ0) is 13.9. The minimum absolute atomic E-state index is 0.681. The van der Waals surface area contributed by atoms with Crippen molar-refractivity contribution in [2.75, 3.05) is 39.6 Å². The van der Waals surface area contributed by atoms with Gasteiger partial charge in [-0.05, 0) is 19.8 Å². The molecule has 0 aliphatic carbocycles. The fourth-order valence-corrected chi connectivity index (χ4v) is 1.03. The highest BCUT2D eigenvalue weighted by atomic mass is 16.5. The van der Waals surface area contributed by atoms with E-state index in [1.807, 2.05) is 6.92 Å². The van der Waals surface area contributed by atoms with Crippen LogP contribution in [-0.2, 0) is 14.2 Å². The Bertz CT molecular complexity index is 126. The van der Waals surface area contributed by atoms with E-state index in [1.165, 1.54) is 12.8 Å². The predicted molar refractivity (Wildman–Crippen MR) is 78.1 cm³/mol. The number of allylic oxidation sites excluding steroid dienone is 1. The molecule has 110 valence electrons. The third-order valence-electron chi connectivity index (χ3n) is 2.03. The summed E-state index contributed by atoms with van der Waals surface area (Å²) < 4.78 is 16.1. The molecule has 0 aromatic rings. The van der Waals surface area contributed by atoms with Crippen LogP contribution in [0.15, 0.2) is 12.7 Å². The maximum absolute atomic E-state index is 5.35. The summed E-state index contributed by atoms with van der Waals surface area (Å²) in [5.74, 6) is 0. The molecule has 0 bridgehead atoms. The van der Waals surface area contributed by atoms with E-state index in [1.54, 1.807) is 6.08 Å². The van der Waals surface area contributed by atoms with Gasteiger partial charge in [0, 0.05) is 13.2 Å². The molecule has 0 radical (unpaired) electrons. The van der Waals surface area contributed by atoms with Gasteiger partial charge >= 0.3 is 0 Å². The van der Waals surface area contributed by atoms with Crippen LogP contribution in [0.4, 0.5) is 0 Å². The van der Waals surface area contributed by atoms with Crippen molar-refractivity contribution >= 4 is 0 Å². The van der Waals surface area contributed by atoms with E-state index < -0.39 is 0 Å². The molecule has 18 heavy (non-hydrogen) atoms. The molecule has 0 fully saturated rings. The largest absolute Gasteiger partial charge is 0.379 e. The highest BCUT2D eigenvalue weighted by Crippen LogP contribution is 1.89. The van der Waals surface area contributed by atoms with Crippen LogP contribution in [0.25, 0.3) is 0 Å². The number of rotatable bonds is 12. The fraction of sp³-hybridized carbons (Fsp3) is 0.867. The number of hydrogen-bond donors (Lipinski definition) is 0. The van der Waals surface area contributed by atoms with Gasteiger partial charge in [0.15, 0.2) is 0 Å². The first-order valence-electron chi connectivity index (χ1n) is 7.13. The zero-order valence-electron chi connectivity index (χ0n) is 12.6. The molecule has 0 atom stereocenters. The molecule has 0 aliphatic heterocycles. The first-order chi connectivity index (χ1) is 8.83. The van der Waals surface area contributed by atoms with Gasteiger partial charge < -0.3 is 14.2 Å². The summed E-state index contributed by atoms with van der Waals surface area (Å²) in [6, 6.07) is 0. The van der Waals surface area contributed by atoms with Crippen LogP contribution >= 0.6 is 0 Å². The fourth-order valence-electron chi connectivity index (χ4n) is 1.03. The lowest BCUT2D eigenvalue weighted by molar-refractivity contribution is 0.0136. The van der Waals surface area contributed by atoms with Crippen molar-refractivity contribution in [2.24, 2.45) is 0 Å². The van der Waals surface area contributed by atoms with E-state index in [0.29, 0.717) is 26.4 Å². The molecule has 0 saturated heterocycles. The van der Waals surface area contributed by atoms with Crippen LogP contribution in [0, 0.1) is 0 Å². The Labute approximate surface area is 114 Å². The van der Waals surface area contributed by atoms with Crippen molar-refractivity contribution in [1.29, 1.82) is 0 Å². The second kappa shape index (κ2) is 21.9. The molecule has 0 heterocycles. The molecule has 0 saturated carbocycles. The van der Waals surface area contributed by atoms with Gasteiger partial charge in [0.1, 0.15) is 0 Å². The van der Waals surface area contributed by atoms with Crippen molar-refractivity contribution < 1.29 is 14.2 Å². The van der Waals surface area contributed by atoms with Crippen molar-refractivity contribution in [3.8, 4) is 0 Å². The molecule has 0 N–H and O–H groups in total. The van der Waals surface area contributed by atoms with Crippen LogP contribution in [0.5, 0.6) is 0 Å². The zero-order valence-corrected chi connectivity index (χ0v) is 12.6. The van der Waals surface area contributed by atoms with E-state index in [4.69, 9.17) is 14.2 Å². The minimum atomic E-state index is 0.681. The molecule has 0 unspecified atom stereocenters. The second-order valence-corrected chi connectivity index (χ2v) is 3.95. The topological polar surface area (TPSA) is 27.7 Å². The Morgan fingerprint density at radius 3 is 1.28 bits per heavy atom. The van der Waals surface area contributed by atoms with Crippen molar-refractivity contribution in [2.45, 2.75) is 46.5 Å². The third-order valence-corrected chi connectivity index (χ3v) is 2.03. The second-order valence-electron chi connectivity index (χ2n) is 3.95. The van der Waals surface area contributed by atoms with E-state index in [2.05, 4.69) is 20.4 Å². The lowest BCUT2D eigenvalue weighted by Gasteiger charge is -2.06. The number of hydrogen-bond acceptors (Lipinski definition) is 3. The molecular weight excluding hydrogens is 228 g/mol. The predicted octanol–water partition coefficient (Wildman–Crippen LogP) is 3.83. The van der Waals surface area contributed by atoms with Crippen molar-refractivity contribution in [3.63, 3.8) is 0 Å². The highest BCUT2D eigenvalue weighted by Gasteiger charge is 1.90. The Kier molecular flexibility index (Phi) is 24.2. The smallest absolute Gasteiger partial charge is 0.0701 e. The minimum Gasteiger partial charge on any atom is -0.379 e. The first kappa shape index (κ1) is 19.9. The summed E-state index contributed by atoms with van der Waals surface area (Å²) in [5, 5.41) is 0. The van der Waals surface area contributed by atoms with Crippen LogP contribution in [0.2, 0.25) is 0 Å². The van der Waals surface area contributed by atoms with Gasteiger partial charge in [-0.15, -0.1) is 6.58 Å². The van der Waals surface area contributed by atoms with Crippen molar-refractivity contribution in [3.05, 3.63) is 12.7 Å². The number of ether oxygens (including phenoxy) is 3. The summed E-state index contributed by atoms with van der Waals surface area (Å²) in [4.78, 5) is 0. The number of unbranched alkanes of at least 4 members (excludes halogenated alkanes) is 2. The molecule has 0 spiro atoms.